The molecule has 0 radical (unpaired) electrons. The second-order valence-corrected chi connectivity index (χ2v) is 12.3. The number of carbonyl (C=O) groups excluding carboxylic acids is 1. The van der Waals surface area contributed by atoms with Crippen LogP contribution in [0.3, 0.4) is 0 Å². The molecule has 0 aromatic heterocycles. The predicted molar refractivity (Wildman–Crippen MR) is 154 cm³/mol. The van der Waals surface area contributed by atoms with E-state index in [1.807, 2.05) is 42.5 Å². The molecular weight excluding hydrogens is 450 g/mol. The fourth-order valence-corrected chi connectivity index (χ4v) is 4.98. The van der Waals surface area contributed by atoms with E-state index in [4.69, 9.17) is 0 Å². The van der Waals surface area contributed by atoms with Crippen LogP contribution in [0.25, 0.3) is 12.2 Å². The van der Waals surface area contributed by atoms with Crippen LogP contribution < -0.4 is 0 Å². The monoisotopic (exact) mass is 487 g/mol. The minimum Gasteiger partial charge on any atom is -0.289 e. The summed E-state index contributed by atoms with van der Waals surface area (Å²) >= 11 is 0. The van der Waals surface area contributed by atoms with Gasteiger partial charge in [0.05, 0.1) is 11.5 Å². The first-order valence-corrected chi connectivity index (χ1v) is 13.1. The first-order valence-electron chi connectivity index (χ1n) is 13.1. The highest BCUT2D eigenvalue weighted by molar-refractivity contribution is 6.14. The highest BCUT2D eigenvalue weighted by atomic mass is 16.1. The van der Waals surface area contributed by atoms with E-state index in [2.05, 4.69) is 96.1 Å². The molecule has 0 spiro atoms. The van der Waals surface area contributed by atoms with E-state index in [9.17, 15) is 10.1 Å². The molecule has 0 bridgehead atoms. The van der Waals surface area contributed by atoms with Crippen LogP contribution >= 0.6 is 0 Å². The topological polar surface area (TPSA) is 40.9 Å². The Hall–Kier alpha value is -3.70. The molecule has 0 aliphatic heterocycles. The highest BCUT2D eigenvalue weighted by Gasteiger charge is 2.41. The minimum absolute atomic E-state index is 0.0293. The fraction of sp³-hybridized carbons (Fsp3) is 0.314. The van der Waals surface area contributed by atoms with Crippen LogP contribution in [-0.4, -0.2) is 5.78 Å². The van der Waals surface area contributed by atoms with Gasteiger partial charge in [0, 0.05) is 11.1 Å². The lowest BCUT2D eigenvalue weighted by atomic mass is 9.66. The van der Waals surface area contributed by atoms with Crippen LogP contribution in [0.1, 0.15) is 82.2 Å². The highest BCUT2D eigenvalue weighted by Crippen LogP contribution is 2.43. The molecule has 1 saturated carbocycles. The summed E-state index contributed by atoms with van der Waals surface area (Å²) in [5.74, 6) is 0.0293. The van der Waals surface area contributed by atoms with Crippen molar-refractivity contribution in [3.05, 3.63) is 118 Å². The molecular formula is C35H37NO. The van der Waals surface area contributed by atoms with Gasteiger partial charge in [-0.3, -0.25) is 4.79 Å². The van der Waals surface area contributed by atoms with Crippen molar-refractivity contribution in [3.8, 4) is 6.07 Å². The Kier molecular flexibility index (Phi) is 7.11. The molecule has 37 heavy (non-hydrogen) atoms. The zero-order valence-corrected chi connectivity index (χ0v) is 22.9. The molecule has 2 nitrogen and oxygen atoms in total. The average molecular weight is 488 g/mol. The Morgan fingerprint density at radius 3 is 1.43 bits per heavy atom. The molecule has 0 N–H and O–H groups in total. The molecule has 0 saturated heterocycles. The van der Waals surface area contributed by atoms with Crippen molar-refractivity contribution in [2.75, 3.05) is 0 Å². The van der Waals surface area contributed by atoms with Crippen LogP contribution in [-0.2, 0) is 21.0 Å². The lowest BCUT2D eigenvalue weighted by molar-refractivity contribution is -0.113. The Morgan fingerprint density at radius 2 is 1.08 bits per heavy atom. The smallest absolute Gasteiger partial charge is 0.185 e. The Labute approximate surface area is 222 Å². The van der Waals surface area contributed by atoms with E-state index < -0.39 is 5.41 Å². The minimum atomic E-state index is -0.788. The first kappa shape index (κ1) is 26.4. The van der Waals surface area contributed by atoms with E-state index in [1.165, 1.54) is 11.1 Å². The van der Waals surface area contributed by atoms with Gasteiger partial charge in [-0.05, 0) is 63.6 Å². The van der Waals surface area contributed by atoms with Crippen molar-refractivity contribution in [2.24, 2.45) is 0 Å². The quantitative estimate of drug-likeness (QED) is 0.347. The van der Waals surface area contributed by atoms with E-state index in [0.717, 1.165) is 16.7 Å². The van der Waals surface area contributed by atoms with Crippen molar-refractivity contribution in [2.45, 2.75) is 70.6 Å². The lowest BCUT2D eigenvalue weighted by Gasteiger charge is -2.34. The number of Topliss-reactive ketones (excluding diaryl/α,β-unsaturated/α-hetero) is 1. The van der Waals surface area contributed by atoms with Crippen LogP contribution in [0.5, 0.6) is 0 Å². The summed E-state index contributed by atoms with van der Waals surface area (Å²) in [7, 11) is 0. The Bertz CT molecular complexity index is 1290. The molecule has 0 heterocycles. The number of hydrogen-bond acceptors (Lipinski definition) is 2. The maximum atomic E-state index is 13.8. The summed E-state index contributed by atoms with van der Waals surface area (Å²) in [5.41, 5.74) is 6.10. The molecule has 3 aromatic rings. The van der Waals surface area contributed by atoms with Crippen LogP contribution in [0.2, 0.25) is 0 Å². The first-order chi connectivity index (χ1) is 17.4. The molecule has 0 unspecified atom stereocenters. The zero-order chi connectivity index (χ0) is 26.8. The molecule has 188 valence electrons. The molecule has 2 heteroatoms. The number of nitriles is 1. The van der Waals surface area contributed by atoms with Gasteiger partial charge in [0.25, 0.3) is 0 Å². The number of benzene rings is 3. The summed E-state index contributed by atoms with van der Waals surface area (Å²) in [5, 5.41) is 10.5. The molecule has 1 aliphatic carbocycles. The number of ketones is 1. The molecule has 1 fully saturated rings. The van der Waals surface area contributed by atoms with Crippen molar-refractivity contribution in [3.63, 3.8) is 0 Å². The predicted octanol–water partition coefficient (Wildman–Crippen LogP) is 8.57. The fourth-order valence-electron chi connectivity index (χ4n) is 4.98. The largest absolute Gasteiger partial charge is 0.289 e. The van der Waals surface area contributed by atoms with E-state index >= 15 is 0 Å². The van der Waals surface area contributed by atoms with E-state index in [1.54, 1.807) is 0 Å². The van der Waals surface area contributed by atoms with Crippen LogP contribution in [0.15, 0.2) is 90.0 Å². The molecule has 4 rings (SSSR count). The number of rotatable bonds is 3. The van der Waals surface area contributed by atoms with Gasteiger partial charge >= 0.3 is 0 Å². The summed E-state index contributed by atoms with van der Waals surface area (Å²) in [6, 6.07) is 29.3. The maximum absolute atomic E-state index is 13.8. The normalized spacial score (nSPS) is 20.7. The lowest BCUT2D eigenvalue weighted by Crippen LogP contribution is -2.33. The third-order valence-electron chi connectivity index (χ3n) is 7.34. The van der Waals surface area contributed by atoms with Gasteiger partial charge in [0.1, 0.15) is 0 Å². The number of allylic oxidation sites excluding steroid dienone is 2. The van der Waals surface area contributed by atoms with Gasteiger partial charge < -0.3 is 0 Å². The van der Waals surface area contributed by atoms with Crippen LogP contribution in [0.4, 0.5) is 0 Å². The maximum Gasteiger partial charge on any atom is 0.185 e. The van der Waals surface area contributed by atoms with Gasteiger partial charge in [0.15, 0.2) is 5.78 Å². The zero-order valence-electron chi connectivity index (χ0n) is 22.9. The summed E-state index contributed by atoms with van der Waals surface area (Å²) in [4.78, 5) is 13.8. The molecule has 3 aromatic carbocycles. The number of carbonyl (C=O) groups is 1. The Balaban J connectivity index is 1.79. The van der Waals surface area contributed by atoms with Crippen molar-refractivity contribution in [1.82, 2.24) is 0 Å². The molecule has 1 aliphatic rings. The summed E-state index contributed by atoms with van der Waals surface area (Å²) in [6.45, 7) is 13.2. The van der Waals surface area contributed by atoms with Gasteiger partial charge in [-0.15, -0.1) is 0 Å². The summed E-state index contributed by atoms with van der Waals surface area (Å²) in [6.07, 6.45) is 4.74. The second kappa shape index (κ2) is 9.98. The standard InChI is InChI=1S/C35H37NO/c1-33(2,3)29-16-12-25(13-17-29)20-27-22-35(24-36,31-10-8-7-9-11-31)23-28(32(27)37)21-26-14-18-30(19-15-26)34(4,5)6/h7-21H,22-23H2,1-6H3. The van der Waals surface area contributed by atoms with Gasteiger partial charge in [-0.1, -0.05) is 120 Å². The average Bonchev–Trinajstić information content (AvgIpc) is 2.86. The SMILES string of the molecule is CC(C)(C)c1ccc(C=C2CC(C#N)(c3ccccc3)CC(=Cc3ccc(C(C)(C)C)cc3)C2=O)cc1. The van der Waals surface area contributed by atoms with Gasteiger partial charge in [0.2, 0.25) is 0 Å². The van der Waals surface area contributed by atoms with Crippen LogP contribution in [0, 0.1) is 11.3 Å². The van der Waals surface area contributed by atoms with E-state index in [0.29, 0.717) is 24.0 Å². The summed E-state index contributed by atoms with van der Waals surface area (Å²) < 4.78 is 0. The number of hydrogen-bond donors (Lipinski definition) is 0. The molecule has 0 amide bonds. The van der Waals surface area contributed by atoms with Gasteiger partial charge in [-0.2, -0.15) is 5.26 Å². The molecule has 0 atom stereocenters. The van der Waals surface area contributed by atoms with Crippen molar-refractivity contribution >= 4 is 17.9 Å². The van der Waals surface area contributed by atoms with E-state index in [-0.39, 0.29) is 16.6 Å². The number of nitrogens with zero attached hydrogens (tertiary/aromatic N) is 1. The Morgan fingerprint density at radius 1 is 0.676 bits per heavy atom. The third-order valence-corrected chi connectivity index (χ3v) is 7.34. The van der Waals surface area contributed by atoms with Crippen molar-refractivity contribution < 1.29 is 4.79 Å². The second-order valence-electron chi connectivity index (χ2n) is 12.3. The van der Waals surface area contributed by atoms with Crippen molar-refractivity contribution in [1.29, 1.82) is 5.26 Å². The van der Waals surface area contributed by atoms with Gasteiger partial charge in [-0.25, -0.2) is 0 Å². The third kappa shape index (κ3) is 5.83.